The van der Waals surface area contributed by atoms with Crippen LogP contribution in [-0.2, 0) is 5.33 Å². The molecule has 0 bridgehead atoms. The Labute approximate surface area is 129 Å². The van der Waals surface area contributed by atoms with E-state index >= 15 is 0 Å². The molecule has 0 aliphatic heterocycles. The molecule has 0 amide bonds. The van der Waals surface area contributed by atoms with Crippen molar-refractivity contribution in [2.45, 2.75) is 5.33 Å². The first-order chi connectivity index (χ1) is 10.3. The summed E-state index contributed by atoms with van der Waals surface area (Å²) in [5.74, 6) is 0.795. The lowest BCUT2D eigenvalue weighted by molar-refractivity contribution is 0.432. The number of benzene rings is 1. The molecule has 0 spiro atoms. The minimum Gasteiger partial charge on any atom is -0.334 e. The van der Waals surface area contributed by atoms with Crippen LogP contribution >= 0.6 is 15.9 Å². The van der Waals surface area contributed by atoms with Gasteiger partial charge in [0.05, 0.1) is 11.6 Å². The van der Waals surface area contributed by atoms with E-state index in [1.54, 1.807) is 12.3 Å². The largest absolute Gasteiger partial charge is 0.334 e. The summed E-state index contributed by atoms with van der Waals surface area (Å²) in [6.07, 6.45) is 1.67. The molecule has 0 saturated carbocycles. The summed E-state index contributed by atoms with van der Waals surface area (Å²) in [5, 5.41) is 13.7. The smallest absolute Gasteiger partial charge is 0.258 e. The van der Waals surface area contributed by atoms with Crippen LogP contribution in [0.4, 0.5) is 0 Å². The van der Waals surface area contributed by atoms with Gasteiger partial charge in [-0.15, -0.1) is 0 Å². The maximum atomic E-state index is 9.07. The number of hydrogen-bond acceptors (Lipinski definition) is 5. The van der Waals surface area contributed by atoms with E-state index in [4.69, 9.17) is 9.78 Å². The Morgan fingerprint density at radius 3 is 2.86 bits per heavy atom. The van der Waals surface area contributed by atoms with Crippen molar-refractivity contribution in [3.63, 3.8) is 0 Å². The average molecular weight is 341 g/mol. The van der Waals surface area contributed by atoms with E-state index in [0.29, 0.717) is 28.3 Å². The van der Waals surface area contributed by atoms with Gasteiger partial charge in [0, 0.05) is 17.1 Å². The van der Waals surface area contributed by atoms with Crippen molar-refractivity contribution in [2.24, 2.45) is 0 Å². The average Bonchev–Trinajstić information content (AvgIpc) is 3.05. The number of pyridine rings is 1. The van der Waals surface area contributed by atoms with Gasteiger partial charge in [-0.05, 0) is 35.9 Å². The fraction of sp³-hybridized carbons (Fsp3) is 0.0667. The first kappa shape index (κ1) is 13.5. The van der Waals surface area contributed by atoms with Gasteiger partial charge in [-0.2, -0.15) is 10.2 Å². The van der Waals surface area contributed by atoms with Crippen LogP contribution in [0, 0.1) is 11.3 Å². The molecular formula is C15H9BrN4O. The van der Waals surface area contributed by atoms with Crippen LogP contribution in [-0.4, -0.2) is 15.1 Å². The van der Waals surface area contributed by atoms with Crippen LogP contribution < -0.4 is 0 Å². The van der Waals surface area contributed by atoms with E-state index in [-0.39, 0.29) is 0 Å². The lowest BCUT2D eigenvalue weighted by Gasteiger charge is -2.00. The van der Waals surface area contributed by atoms with E-state index in [1.165, 1.54) is 0 Å². The van der Waals surface area contributed by atoms with Gasteiger partial charge in [-0.25, -0.2) is 0 Å². The van der Waals surface area contributed by atoms with E-state index in [1.807, 2.05) is 30.3 Å². The van der Waals surface area contributed by atoms with E-state index in [9.17, 15) is 0 Å². The van der Waals surface area contributed by atoms with Crippen molar-refractivity contribution in [3.05, 3.63) is 53.7 Å². The van der Waals surface area contributed by atoms with Crippen molar-refractivity contribution in [2.75, 3.05) is 0 Å². The SMILES string of the molecule is N#Cc1cc(CBr)cc(-c2nc(-c3ccccn3)no2)c1. The minimum absolute atomic E-state index is 0.370. The predicted octanol–water partition coefficient (Wildman–Crippen LogP) is 3.57. The van der Waals surface area contributed by atoms with Crippen LogP contribution in [0.15, 0.2) is 47.1 Å². The molecule has 3 aromatic rings. The Balaban J connectivity index is 2.02. The number of halogens is 1. The van der Waals surface area contributed by atoms with E-state index in [0.717, 1.165) is 11.1 Å². The highest BCUT2D eigenvalue weighted by molar-refractivity contribution is 9.08. The second-order valence-corrected chi connectivity index (χ2v) is 4.86. The van der Waals surface area contributed by atoms with Gasteiger partial charge in [0.25, 0.3) is 5.89 Å². The maximum absolute atomic E-state index is 9.07. The molecule has 0 N–H and O–H groups in total. The summed E-state index contributed by atoms with van der Waals surface area (Å²) in [5.41, 5.74) is 2.89. The van der Waals surface area contributed by atoms with Gasteiger partial charge in [0.15, 0.2) is 0 Å². The van der Waals surface area contributed by atoms with Crippen molar-refractivity contribution >= 4 is 15.9 Å². The predicted molar refractivity (Wildman–Crippen MR) is 80.3 cm³/mol. The molecule has 102 valence electrons. The summed E-state index contributed by atoms with van der Waals surface area (Å²) in [6.45, 7) is 0. The quantitative estimate of drug-likeness (QED) is 0.681. The summed E-state index contributed by atoms with van der Waals surface area (Å²) < 4.78 is 5.28. The monoisotopic (exact) mass is 340 g/mol. The second-order valence-electron chi connectivity index (χ2n) is 4.30. The van der Waals surface area contributed by atoms with Gasteiger partial charge in [-0.3, -0.25) is 4.98 Å². The fourth-order valence-corrected chi connectivity index (χ4v) is 2.22. The Morgan fingerprint density at radius 1 is 1.24 bits per heavy atom. The molecule has 0 atom stereocenters. The summed E-state index contributed by atoms with van der Waals surface area (Å²) >= 11 is 3.38. The van der Waals surface area contributed by atoms with Crippen molar-refractivity contribution in [1.82, 2.24) is 15.1 Å². The second kappa shape index (κ2) is 5.85. The maximum Gasteiger partial charge on any atom is 0.258 e. The first-order valence-corrected chi connectivity index (χ1v) is 7.28. The minimum atomic E-state index is 0.370. The van der Waals surface area contributed by atoms with Gasteiger partial charge >= 0.3 is 0 Å². The number of nitrogens with zero attached hydrogens (tertiary/aromatic N) is 4. The molecule has 21 heavy (non-hydrogen) atoms. The third-order valence-electron chi connectivity index (χ3n) is 2.84. The lowest BCUT2D eigenvalue weighted by Crippen LogP contribution is -1.87. The molecule has 0 aliphatic carbocycles. The third kappa shape index (κ3) is 2.83. The summed E-state index contributed by atoms with van der Waals surface area (Å²) in [4.78, 5) is 8.52. The lowest BCUT2D eigenvalue weighted by atomic mass is 10.1. The highest BCUT2D eigenvalue weighted by Gasteiger charge is 2.12. The molecule has 0 unspecified atom stereocenters. The first-order valence-electron chi connectivity index (χ1n) is 6.15. The fourth-order valence-electron chi connectivity index (χ4n) is 1.90. The number of nitriles is 1. The number of hydrogen-bond donors (Lipinski definition) is 0. The topological polar surface area (TPSA) is 75.6 Å². The zero-order valence-electron chi connectivity index (χ0n) is 10.8. The molecule has 0 aliphatic rings. The van der Waals surface area contributed by atoms with E-state index in [2.05, 4.69) is 37.1 Å². The van der Waals surface area contributed by atoms with Crippen molar-refractivity contribution in [1.29, 1.82) is 5.26 Å². The highest BCUT2D eigenvalue weighted by atomic mass is 79.9. The molecular weight excluding hydrogens is 332 g/mol. The van der Waals surface area contributed by atoms with Gasteiger partial charge in [0.2, 0.25) is 5.82 Å². The van der Waals surface area contributed by atoms with Crippen LogP contribution in [0.5, 0.6) is 0 Å². The van der Waals surface area contributed by atoms with Crippen LogP contribution in [0.2, 0.25) is 0 Å². The van der Waals surface area contributed by atoms with Crippen LogP contribution in [0.1, 0.15) is 11.1 Å². The summed E-state index contributed by atoms with van der Waals surface area (Å²) in [6, 6.07) is 13.1. The van der Waals surface area contributed by atoms with Gasteiger partial charge in [0.1, 0.15) is 5.69 Å². The molecule has 6 heteroatoms. The highest BCUT2D eigenvalue weighted by Crippen LogP contribution is 2.24. The van der Waals surface area contributed by atoms with Gasteiger partial charge in [-0.1, -0.05) is 27.2 Å². The molecule has 0 radical (unpaired) electrons. The Kier molecular flexibility index (Phi) is 3.75. The molecule has 2 heterocycles. The number of alkyl halides is 1. The molecule has 1 aromatic carbocycles. The van der Waals surface area contributed by atoms with Crippen LogP contribution in [0.3, 0.4) is 0 Å². The van der Waals surface area contributed by atoms with Crippen molar-refractivity contribution in [3.8, 4) is 29.0 Å². The Hall–Kier alpha value is -2.52. The molecule has 3 rings (SSSR count). The molecule has 5 nitrogen and oxygen atoms in total. The zero-order valence-corrected chi connectivity index (χ0v) is 12.4. The molecule has 2 aromatic heterocycles. The number of rotatable bonds is 3. The standard InChI is InChI=1S/C15H9BrN4O/c16-8-10-5-11(9-17)7-12(6-10)15-19-14(20-21-15)13-3-1-2-4-18-13/h1-7H,8H2. The zero-order chi connectivity index (χ0) is 14.7. The molecule has 0 saturated heterocycles. The third-order valence-corrected chi connectivity index (χ3v) is 3.49. The number of aromatic nitrogens is 3. The van der Waals surface area contributed by atoms with Crippen LogP contribution in [0.25, 0.3) is 23.0 Å². The van der Waals surface area contributed by atoms with Crippen molar-refractivity contribution < 1.29 is 4.52 Å². The van der Waals surface area contributed by atoms with E-state index < -0.39 is 0 Å². The normalized spacial score (nSPS) is 10.3. The summed E-state index contributed by atoms with van der Waals surface area (Å²) in [7, 11) is 0. The molecule has 0 fully saturated rings. The Morgan fingerprint density at radius 2 is 2.14 bits per heavy atom. The Bertz CT molecular complexity index is 808. The van der Waals surface area contributed by atoms with Gasteiger partial charge < -0.3 is 4.52 Å².